The Morgan fingerprint density at radius 3 is 2.66 bits per heavy atom. The molecule has 0 N–H and O–H groups in total. The molecule has 1 aromatic heterocycles. The van der Waals surface area contributed by atoms with Gasteiger partial charge in [0, 0.05) is 12.6 Å². The SMILES string of the molecule is CCCN(c1nc(C)n(-c2cc(C)c(OC)cc2Cl)n1)[C@@H](CC1CC1)c1ccc2c(c1)OCO2.Cl. The molecule has 0 radical (unpaired) electrons. The molecule has 9 heteroatoms. The summed E-state index contributed by atoms with van der Waals surface area (Å²) in [5, 5.41) is 5.53. The van der Waals surface area contributed by atoms with Crippen molar-refractivity contribution in [1.29, 1.82) is 0 Å². The predicted octanol–water partition coefficient (Wildman–Crippen LogP) is 6.45. The molecule has 1 aliphatic carbocycles. The summed E-state index contributed by atoms with van der Waals surface area (Å²) < 4.78 is 18.5. The van der Waals surface area contributed by atoms with E-state index in [1.54, 1.807) is 7.11 Å². The number of methoxy groups -OCH3 is 1. The molecule has 5 rings (SSSR count). The zero-order chi connectivity index (χ0) is 23.8. The van der Waals surface area contributed by atoms with Crippen LogP contribution in [0.3, 0.4) is 0 Å². The van der Waals surface area contributed by atoms with Crippen molar-refractivity contribution in [3.63, 3.8) is 0 Å². The standard InChI is InChI=1S/C26H31ClN4O3.ClH/c1-5-10-30(21(12-18-6-7-18)19-8-9-23-25(13-19)34-15-33-23)26-28-17(3)31(29-26)22-11-16(2)24(32-4)14-20(22)27;/h8-9,11,13-14,18,21H,5-7,10,12,15H2,1-4H3;1H/t21-;/m0./s1. The van der Waals surface area contributed by atoms with Crippen molar-refractivity contribution in [3.8, 4) is 22.9 Å². The lowest BCUT2D eigenvalue weighted by molar-refractivity contribution is 0.174. The molecule has 2 heterocycles. The maximum absolute atomic E-state index is 6.62. The van der Waals surface area contributed by atoms with E-state index in [0.29, 0.717) is 11.0 Å². The molecule has 0 spiro atoms. The molecule has 7 nitrogen and oxygen atoms in total. The van der Waals surface area contributed by atoms with E-state index in [1.165, 1.54) is 18.4 Å². The summed E-state index contributed by atoms with van der Waals surface area (Å²) in [5.74, 6) is 4.61. The van der Waals surface area contributed by atoms with Gasteiger partial charge in [0.25, 0.3) is 0 Å². The largest absolute Gasteiger partial charge is 0.496 e. The molecule has 1 saturated carbocycles. The average Bonchev–Trinajstić information content (AvgIpc) is 3.39. The third kappa shape index (κ3) is 5.16. The minimum absolute atomic E-state index is 0. The number of hydrogen-bond acceptors (Lipinski definition) is 6. The highest BCUT2D eigenvalue weighted by Crippen LogP contribution is 2.43. The van der Waals surface area contributed by atoms with Crippen LogP contribution in [0.25, 0.3) is 5.69 Å². The molecule has 0 amide bonds. The first kappa shape index (κ1) is 25.5. The molecule has 188 valence electrons. The summed E-state index contributed by atoms with van der Waals surface area (Å²) in [6.07, 6.45) is 4.61. The highest BCUT2D eigenvalue weighted by Gasteiger charge is 2.32. The van der Waals surface area contributed by atoms with Gasteiger partial charge in [-0.05, 0) is 61.9 Å². The molecule has 1 fully saturated rings. The molecule has 0 saturated heterocycles. The molecular weight excluding hydrogens is 487 g/mol. The van der Waals surface area contributed by atoms with Gasteiger partial charge in [-0.2, -0.15) is 4.98 Å². The second kappa shape index (κ2) is 10.5. The first-order chi connectivity index (χ1) is 16.5. The van der Waals surface area contributed by atoms with Gasteiger partial charge in [0.15, 0.2) is 11.5 Å². The smallest absolute Gasteiger partial charge is 0.245 e. The van der Waals surface area contributed by atoms with E-state index in [-0.39, 0.29) is 25.2 Å². The van der Waals surface area contributed by atoms with Gasteiger partial charge in [0.05, 0.1) is 23.9 Å². The Bertz CT molecular complexity index is 1200. The monoisotopic (exact) mass is 518 g/mol. The van der Waals surface area contributed by atoms with Crippen molar-refractivity contribution in [2.24, 2.45) is 5.92 Å². The second-order valence-corrected chi connectivity index (χ2v) is 9.55. The van der Waals surface area contributed by atoms with Crippen LogP contribution in [-0.4, -0.2) is 35.2 Å². The number of nitrogens with zero attached hydrogens (tertiary/aromatic N) is 4. The number of ether oxygens (including phenoxy) is 3. The fourth-order valence-electron chi connectivity index (χ4n) is 4.63. The molecule has 1 aliphatic heterocycles. The minimum atomic E-state index is 0. The van der Waals surface area contributed by atoms with E-state index < -0.39 is 0 Å². The molecule has 3 aromatic rings. The number of fused-ring (bicyclic) bond motifs is 1. The second-order valence-electron chi connectivity index (χ2n) is 9.15. The third-order valence-corrected chi connectivity index (χ3v) is 6.89. The molecule has 2 aromatic carbocycles. The van der Waals surface area contributed by atoms with E-state index in [2.05, 4.69) is 24.0 Å². The van der Waals surface area contributed by atoms with Crippen LogP contribution in [-0.2, 0) is 0 Å². The number of hydrogen-bond donors (Lipinski definition) is 0. The topological polar surface area (TPSA) is 61.6 Å². The summed E-state index contributed by atoms with van der Waals surface area (Å²) in [7, 11) is 1.65. The zero-order valence-corrected chi connectivity index (χ0v) is 22.2. The van der Waals surface area contributed by atoms with Crippen LogP contribution >= 0.6 is 24.0 Å². The maximum atomic E-state index is 6.62. The van der Waals surface area contributed by atoms with Gasteiger partial charge in [-0.1, -0.05) is 37.4 Å². The number of benzene rings is 2. The molecule has 0 unspecified atom stereocenters. The number of halogens is 2. The van der Waals surface area contributed by atoms with E-state index >= 15 is 0 Å². The van der Waals surface area contributed by atoms with Crippen LogP contribution in [0, 0.1) is 19.8 Å². The van der Waals surface area contributed by atoms with Gasteiger partial charge in [0.2, 0.25) is 12.7 Å². The van der Waals surface area contributed by atoms with Crippen LogP contribution in [0.1, 0.15) is 55.6 Å². The van der Waals surface area contributed by atoms with Crippen LogP contribution < -0.4 is 19.1 Å². The van der Waals surface area contributed by atoms with E-state index in [9.17, 15) is 0 Å². The Balaban J connectivity index is 0.00000289. The molecule has 1 atom stereocenters. The molecule has 2 aliphatic rings. The van der Waals surface area contributed by atoms with Crippen LogP contribution in [0.5, 0.6) is 17.2 Å². The van der Waals surface area contributed by atoms with Gasteiger partial charge < -0.3 is 19.1 Å². The lowest BCUT2D eigenvalue weighted by atomic mass is 9.98. The average molecular weight is 519 g/mol. The van der Waals surface area contributed by atoms with Crippen LogP contribution in [0.2, 0.25) is 5.02 Å². The third-order valence-electron chi connectivity index (χ3n) is 6.58. The number of anilines is 1. The highest BCUT2D eigenvalue weighted by atomic mass is 35.5. The lowest BCUT2D eigenvalue weighted by Gasteiger charge is -2.31. The first-order valence-electron chi connectivity index (χ1n) is 11.9. The Morgan fingerprint density at radius 1 is 1.17 bits per heavy atom. The highest BCUT2D eigenvalue weighted by molar-refractivity contribution is 6.32. The van der Waals surface area contributed by atoms with Gasteiger partial charge >= 0.3 is 0 Å². The Kier molecular flexibility index (Phi) is 7.67. The first-order valence-corrected chi connectivity index (χ1v) is 12.3. The molecule has 35 heavy (non-hydrogen) atoms. The minimum Gasteiger partial charge on any atom is -0.496 e. The number of aryl methyl sites for hydroxylation is 2. The predicted molar refractivity (Wildman–Crippen MR) is 140 cm³/mol. The fraction of sp³-hybridized carbons (Fsp3) is 0.462. The Hall–Kier alpha value is -2.64. The van der Waals surface area contributed by atoms with Crippen molar-refractivity contribution >= 4 is 30.0 Å². The molecule has 0 bridgehead atoms. The van der Waals surface area contributed by atoms with Gasteiger partial charge in [0.1, 0.15) is 11.6 Å². The fourth-order valence-corrected chi connectivity index (χ4v) is 4.86. The Labute approximate surface area is 217 Å². The summed E-state index contributed by atoms with van der Waals surface area (Å²) >= 11 is 6.62. The van der Waals surface area contributed by atoms with Gasteiger partial charge in [-0.3, -0.25) is 0 Å². The normalized spacial score (nSPS) is 15.0. The summed E-state index contributed by atoms with van der Waals surface area (Å²) in [6.45, 7) is 7.28. The zero-order valence-electron chi connectivity index (χ0n) is 20.6. The van der Waals surface area contributed by atoms with Crippen molar-refractivity contribution in [1.82, 2.24) is 14.8 Å². The maximum Gasteiger partial charge on any atom is 0.245 e. The summed E-state index contributed by atoms with van der Waals surface area (Å²) in [6, 6.07) is 10.3. The van der Waals surface area contributed by atoms with Crippen molar-refractivity contribution in [3.05, 3.63) is 52.3 Å². The summed E-state index contributed by atoms with van der Waals surface area (Å²) in [5.41, 5.74) is 3.00. The van der Waals surface area contributed by atoms with Crippen LogP contribution in [0.15, 0.2) is 30.3 Å². The number of aromatic nitrogens is 3. The van der Waals surface area contributed by atoms with E-state index in [1.807, 2.05) is 36.7 Å². The lowest BCUT2D eigenvalue weighted by Crippen LogP contribution is -2.31. The van der Waals surface area contributed by atoms with Crippen molar-refractivity contribution in [2.75, 3.05) is 25.3 Å². The van der Waals surface area contributed by atoms with E-state index in [0.717, 1.165) is 59.6 Å². The molecular formula is C26H32Cl2N4O3. The Morgan fingerprint density at radius 2 is 1.94 bits per heavy atom. The van der Waals surface area contributed by atoms with Crippen LogP contribution in [0.4, 0.5) is 5.95 Å². The summed E-state index contributed by atoms with van der Waals surface area (Å²) in [4.78, 5) is 7.23. The van der Waals surface area contributed by atoms with Crippen molar-refractivity contribution in [2.45, 2.75) is 52.5 Å². The quantitative estimate of drug-likeness (QED) is 0.324. The van der Waals surface area contributed by atoms with Crippen molar-refractivity contribution < 1.29 is 14.2 Å². The van der Waals surface area contributed by atoms with Gasteiger partial charge in [-0.25, -0.2) is 4.68 Å². The van der Waals surface area contributed by atoms with Gasteiger partial charge in [-0.15, -0.1) is 17.5 Å². The van der Waals surface area contributed by atoms with E-state index in [4.69, 9.17) is 35.9 Å². The number of rotatable bonds is 9.